The zero-order valence-corrected chi connectivity index (χ0v) is 20.7. The molecule has 0 spiro atoms. The van der Waals surface area contributed by atoms with Crippen molar-refractivity contribution in [2.24, 2.45) is 0 Å². The topological polar surface area (TPSA) is 51.2 Å². The maximum atomic E-state index is 12.8. The summed E-state index contributed by atoms with van der Waals surface area (Å²) in [5, 5.41) is 6.52. The molecule has 0 radical (unpaired) electrons. The number of amides is 1. The van der Waals surface area contributed by atoms with E-state index in [1.54, 1.807) is 23.5 Å². The molecule has 0 fully saturated rings. The molecule has 4 nitrogen and oxygen atoms in total. The third-order valence-electron chi connectivity index (χ3n) is 5.41. The fourth-order valence-electron chi connectivity index (χ4n) is 3.55. The summed E-state index contributed by atoms with van der Waals surface area (Å²) < 4.78 is 5.77. The molecule has 0 atom stereocenters. The highest BCUT2D eigenvalue weighted by Crippen LogP contribution is 2.33. The number of benzene rings is 3. The Bertz CT molecular complexity index is 1240. The van der Waals surface area contributed by atoms with Crippen molar-refractivity contribution >= 4 is 34.5 Å². The molecular weight excluding hydrogens is 464 g/mol. The van der Waals surface area contributed by atoms with Crippen LogP contribution in [0.3, 0.4) is 0 Å². The maximum absolute atomic E-state index is 12.8. The molecule has 0 unspecified atom stereocenters. The van der Waals surface area contributed by atoms with E-state index in [1.165, 1.54) is 19.3 Å². The molecule has 0 bridgehead atoms. The lowest BCUT2D eigenvalue weighted by atomic mass is 10.1. The number of rotatable bonds is 10. The van der Waals surface area contributed by atoms with Crippen LogP contribution in [0.5, 0.6) is 5.75 Å². The molecule has 0 saturated heterocycles. The number of nitrogens with one attached hydrogen (secondary N) is 1. The first-order valence-electron chi connectivity index (χ1n) is 11.5. The molecule has 0 aliphatic heterocycles. The molecule has 1 N–H and O–H groups in total. The summed E-state index contributed by atoms with van der Waals surface area (Å²) in [5.41, 5.74) is 3.98. The summed E-state index contributed by atoms with van der Waals surface area (Å²) in [4.78, 5) is 17.5. The maximum Gasteiger partial charge on any atom is 0.255 e. The number of thiazole rings is 1. The summed E-state index contributed by atoms with van der Waals surface area (Å²) in [6.07, 6.45) is 4.67. The van der Waals surface area contributed by atoms with Gasteiger partial charge in [-0.2, -0.15) is 0 Å². The van der Waals surface area contributed by atoms with Crippen LogP contribution in [0.15, 0.2) is 78.2 Å². The van der Waals surface area contributed by atoms with E-state index in [0.717, 1.165) is 34.0 Å². The van der Waals surface area contributed by atoms with Gasteiger partial charge in [0.1, 0.15) is 10.8 Å². The first kappa shape index (κ1) is 24.0. The van der Waals surface area contributed by atoms with Gasteiger partial charge in [0.15, 0.2) is 0 Å². The van der Waals surface area contributed by atoms with Gasteiger partial charge in [0.05, 0.1) is 17.3 Å². The number of hydrogen-bond acceptors (Lipinski definition) is 4. The van der Waals surface area contributed by atoms with Gasteiger partial charge in [-0.05, 0) is 48.9 Å². The molecule has 1 heterocycles. The number of ether oxygens (including phenoxy) is 1. The zero-order valence-electron chi connectivity index (χ0n) is 19.1. The Morgan fingerprint density at radius 3 is 2.62 bits per heavy atom. The second-order valence-corrected chi connectivity index (χ2v) is 9.25. The number of aromatic nitrogens is 1. The SMILES string of the molecule is CCCCCCOc1ccc(C(=O)Nc2cccc(-c3csc(-c4ccccc4Cl)n3)c2)cc1. The molecule has 0 saturated carbocycles. The van der Waals surface area contributed by atoms with Crippen molar-refractivity contribution < 1.29 is 9.53 Å². The Hall–Kier alpha value is -3.15. The van der Waals surface area contributed by atoms with E-state index in [2.05, 4.69) is 12.2 Å². The Morgan fingerprint density at radius 2 is 1.82 bits per heavy atom. The lowest BCUT2D eigenvalue weighted by Crippen LogP contribution is -2.11. The first-order chi connectivity index (χ1) is 16.6. The summed E-state index contributed by atoms with van der Waals surface area (Å²) in [6, 6.07) is 22.6. The second-order valence-electron chi connectivity index (χ2n) is 7.99. The van der Waals surface area contributed by atoms with Crippen LogP contribution < -0.4 is 10.1 Å². The van der Waals surface area contributed by atoms with Crippen molar-refractivity contribution in [1.82, 2.24) is 4.98 Å². The number of anilines is 1. The zero-order chi connectivity index (χ0) is 23.8. The lowest BCUT2D eigenvalue weighted by Gasteiger charge is -2.09. The van der Waals surface area contributed by atoms with E-state index >= 15 is 0 Å². The minimum Gasteiger partial charge on any atom is -0.494 e. The average Bonchev–Trinajstić information content (AvgIpc) is 3.35. The van der Waals surface area contributed by atoms with Gasteiger partial charge in [-0.15, -0.1) is 11.3 Å². The van der Waals surface area contributed by atoms with Crippen molar-refractivity contribution in [1.29, 1.82) is 0 Å². The van der Waals surface area contributed by atoms with Crippen LogP contribution in [0.4, 0.5) is 5.69 Å². The minimum absolute atomic E-state index is 0.165. The number of unbranched alkanes of at least 4 members (excludes halogenated alkanes) is 3. The summed E-state index contributed by atoms with van der Waals surface area (Å²) in [5.74, 6) is 0.620. The number of carbonyl (C=O) groups is 1. The third kappa shape index (κ3) is 6.25. The Morgan fingerprint density at radius 1 is 1.00 bits per heavy atom. The van der Waals surface area contributed by atoms with E-state index in [-0.39, 0.29) is 5.91 Å². The summed E-state index contributed by atoms with van der Waals surface area (Å²) in [7, 11) is 0. The van der Waals surface area contributed by atoms with Gasteiger partial charge in [0.25, 0.3) is 5.91 Å². The van der Waals surface area contributed by atoms with Crippen molar-refractivity contribution in [2.75, 3.05) is 11.9 Å². The predicted molar refractivity (Wildman–Crippen MR) is 142 cm³/mol. The van der Waals surface area contributed by atoms with Crippen molar-refractivity contribution in [3.05, 3.63) is 88.8 Å². The molecule has 6 heteroatoms. The molecule has 0 aliphatic rings. The number of nitrogens with zero attached hydrogens (tertiary/aromatic N) is 1. The number of hydrogen-bond donors (Lipinski definition) is 1. The van der Waals surface area contributed by atoms with Crippen molar-refractivity contribution in [3.63, 3.8) is 0 Å². The standard InChI is InChI=1S/C28H27ClN2O2S/c1-2-3-4-7-17-33-23-15-13-20(14-16-23)27(32)30-22-10-8-9-21(18-22)26-19-34-28(31-26)24-11-5-6-12-25(24)29/h5-6,8-16,18-19H,2-4,7,17H2,1H3,(H,30,32). The van der Waals surface area contributed by atoms with Gasteiger partial charge in [-0.1, -0.05) is 68.1 Å². The molecule has 3 aromatic carbocycles. The van der Waals surface area contributed by atoms with Gasteiger partial charge < -0.3 is 10.1 Å². The smallest absolute Gasteiger partial charge is 0.255 e. The van der Waals surface area contributed by atoms with Crippen LogP contribution in [-0.4, -0.2) is 17.5 Å². The lowest BCUT2D eigenvalue weighted by molar-refractivity contribution is 0.102. The Labute approximate surface area is 209 Å². The quantitative estimate of drug-likeness (QED) is 0.227. The average molecular weight is 491 g/mol. The highest BCUT2D eigenvalue weighted by Gasteiger charge is 2.11. The molecule has 1 aromatic heterocycles. The van der Waals surface area contributed by atoms with E-state index in [0.29, 0.717) is 22.9 Å². The number of carbonyl (C=O) groups excluding carboxylic acids is 1. The van der Waals surface area contributed by atoms with Gasteiger partial charge in [0, 0.05) is 27.8 Å². The minimum atomic E-state index is -0.165. The van der Waals surface area contributed by atoms with E-state index in [4.69, 9.17) is 21.3 Å². The molecular formula is C28H27ClN2O2S. The summed E-state index contributed by atoms with van der Waals surface area (Å²) >= 11 is 7.86. The van der Waals surface area contributed by atoms with E-state index < -0.39 is 0 Å². The van der Waals surface area contributed by atoms with Crippen molar-refractivity contribution in [2.45, 2.75) is 32.6 Å². The first-order valence-corrected chi connectivity index (χ1v) is 12.7. The van der Waals surface area contributed by atoms with Crippen LogP contribution in [0.2, 0.25) is 5.02 Å². The van der Waals surface area contributed by atoms with Gasteiger partial charge in [0.2, 0.25) is 0 Å². The molecule has 1 amide bonds. The van der Waals surface area contributed by atoms with Crippen LogP contribution in [0.1, 0.15) is 43.0 Å². The van der Waals surface area contributed by atoms with Crippen LogP contribution in [0.25, 0.3) is 21.8 Å². The highest BCUT2D eigenvalue weighted by molar-refractivity contribution is 7.13. The normalized spacial score (nSPS) is 10.8. The largest absolute Gasteiger partial charge is 0.494 e. The Kier molecular flexibility index (Phi) is 8.34. The van der Waals surface area contributed by atoms with E-state index in [1.807, 2.05) is 66.0 Å². The molecule has 4 rings (SSSR count). The molecule has 174 valence electrons. The van der Waals surface area contributed by atoms with Crippen molar-refractivity contribution in [3.8, 4) is 27.6 Å². The predicted octanol–water partition coefficient (Wildman–Crippen LogP) is 8.34. The highest BCUT2D eigenvalue weighted by atomic mass is 35.5. The number of halogens is 1. The van der Waals surface area contributed by atoms with Gasteiger partial charge in [-0.25, -0.2) is 4.98 Å². The van der Waals surface area contributed by atoms with Gasteiger partial charge in [-0.3, -0.25) is 4.79 Å². The van der Waals surface area contributed by atoms with Gasteiger partial charge >= 0.3 is 0 Å². The van der Waals surface area contributed by atoms with Crippen LogP contribution in [0, 0.1) is 0 Å². The second kappa shape index (κ2) is 11.8. The van der Waals surface area contributed by atoms with Crippen LogP contribution >= 0.6 is 22.9 Å². The molecule has 34 heavy (non-hydrogen) atoms. The fourth-order valence-corrected chi connectivity index (χ4v) is 4.69. The monoisotopic (exact) mass is 490 g/mol. The molecule has 0 aliphatic carbocycles. The van der Waals surface area contributed by atoms with Crippen LogP contribution in [-0.2, 0) is 0 Å². The third-order valence-corrected chi connectivity index (χ3v) is 6.61. The Balaban J connectivity index is 1.39. The summed E-state index contributed by atoms with van der Waals surface area (Å²) in [6.45, 7) is 2.89. The molecule has 4 aromatic rings. The van der Waals surface area contributed by atoms with E-state index in [9.17, 15) is 4.79 Å². The fraction of sp³-hybridized carbons (Fsp3) is 0.214.